The predicted molar refractivity (Wildman–Crippen MR) is 136 cm³/mol. The summed E-state index contributed by atoms with van der Waals surface area (Å²) in [6, 6.07) is 5.74. The monoisotopic (exact) mass is 549 g/mol. The number of aliphatic hydroxyl groups is 1. The quantitative estimate of drug-likeness (QED) is 0.198. The number of nitrogens with one attached hydrogen (secondary N) is 2. The highest BCUT2D eigenvalue weighted by Crippen LogP contribution is 2.30. The third kappa shape index (κ3) is 9.82. The number of ether oxygens (including phenoxy) is 3. The standard InChI is InChI=1S/C23H39N3O4.HI/c1-4-24-23(25-13-12-20(29-5-2)19-8-6-7-9-19)26-17-18-10-11-21(30-15-14-27)22(16-18)28-3;/h10-11,16,19-20,27H,4-9,12-15,17H2,1-3H3,(H2,24,25,26);1H. The second-order valence-corrected chi connectivity index (χ2v) is 7.51. The van der Waals surface area contributed by atoms with Gasteiger partial charge in [-0.2, -0.15) is 0 Å². The lowest BCUT2D eigenvalue weighted by molar-refractivity contribution is 0.0169. The molecule has 0 aliphatic heterocycles. The molecule has 0 radical (unpaired) electrons. The molecule has 8 heteroatoms. The summed E-state index contributed by atoms with van der Waals surface area (Å²) >= 11 is 0. The van der Waals surface area contributed by atoms with Gasteiger partial charge in [0.25, 0.3) is 0 Å². The van der Waals surface area contributed by atoms with Crippen LogP contribution in [-0.2, 0) is 11.3 Å². The Kier molecular flexibility index (Phi) is 14.7. The zero-order valence-electron chi connectivity index (χ0n) is 19.2. The van der Waals surface area contributed by atoms with Crippen LogP contribution in [0.2, 0.25) is 0 Å². The fourth-order valence-corrected chi connectivity index (χ4v) is 3.93. The first kappa shape index (κ1) is 27.8. The van der Waals surface area contributed by atoms with Gasteiger partial charge in [0.05, 0.1) is 26.4 Å². The van der Waals surface area contributed by atoms with Crippen LogP contribution in [0, 0.1) is 5.92 Å². The fourth-order valence-electron chi connectivity index (χ4n) is 3.93. The zero-order valence-corrected chi connectivity index (χ0v) is 21.5. The molecule has 1 aromatic rings. The van der Waals surface area contributed by atoms with Crippen molar-refractivity contribution in [1.82, 2.24) is 10.6 Å². The van der Waals surface area contributed by atoms with Gasteiger partial charge in [-0.1, -0.05) is 18.9 Å². The first-order valence-corrected chi connectivity index (χ1v) is 11.3. The van der Waals surface area contributed by atoms with E-state index in [-0.39, 0.29) is 37.2 Å². The Balaban J connectivity index is 0.00000480. The van der Waals surface area contributed by atoms with Crippen molar-refractivity contribution in [2.24, 2.45) is 10.9 Å². The Morgan fingerprint density at radius 1 is 1.19 bits per heavy atom. The van der Waals surface area contributed by atoms with E-state index in [1.165, 1.54) is 25.7 Å². The van der Waals surface area contributed by atoms with Crippen molar-refractivity contribution in [1.29, 1.82) is 0 Å². The molecule has 3 N–H and O–H groups in total. The van der Waals surface area contributed by atoms with Crippen molar-refractivity contribution < 1.29 is 19.3 Å². The number of guanidine groups is 1. The minimum Gasteiger partial charge on any atom is -0.493 e. The molecule has 0 aromatic heterocycles. The van der Waals surface area contributed by atoms with Crippen LogP contribution >= 0.6 is 24.0 Å². The Hall–Kier alpha value is -1.26. The summed E-state index contributed by atoms with van der Waals surface area (Å²) in [5.74, 6) is 2.77. The molecule has 1 aromatic carbocycles. The second kappa shape index (κ2) is 16.4. The van der Waals surface area contributed by atoms with Gasteiger partial charge >= 0.3 is 0 Å². The second-order valence-electron chi connectivity index (χ2n) is 7.51. The summed E-state index contributed by atoms with van der Waals surface area (Å²) in [5, 5.41) is 15.7. The normalized spacial score (nSPS) is 15.3. The fraction of sp³-hybridized carbons (Fsp3) is 0.696. The molecular weight excluding hydrogens is 509 g/mol. The average Bonchev–Trinajstić information content (AvgIpc) is 3.30. The van der Waals surface area contributed by atoms with Crippen molar-refractivity contribution in [2.45, 2.75) is 58.6 Å². The van der Waals surface area contributed by atoms with Gasteiger partial charge in [-0.25, -0.2) is 4.99 Å². The van der Waals surface area contributed by atoms with Gasteiger partial charge in [0.2, 0.25) is 0 Å². The van der Waals surface area contributed by atoms with Crippen LogP contribution in [0.1, 0.15) is 51.5 Å². The Labute approximate surface area is 204 Å². The van der Waals surface area contributed by atoms with E-state index in [1.807, 2.05) is 18.2 Å². The third-order valence-corrected chi connectivity index (χ3v) is 5.37. The van der Waals surface area contributed by atoms with E-state index in [2.05, 4.69) is 24.5 Å². The van der Waals surface area contributed by atoms with Crippen molar-refractivity contribution in [3.63, 3.8) is 0 Å². The Morgan fingerprint density at radius 3 is 2.61 bits per heavy atom. The molecular formula is C23H40IN3O4. The van der Waals surface area contributed by atoms with Gasteiger partial charge < -0.3 is 30.0 Å². The Bertz CT molecular complexity index is 639. The van der Waals surface area contributed by atoms with Crippen LogP contribution in [-0.4, -0.2) is 57.2 Å². The smallest absolute Gasteiger partial charge is 0.191 e. The highest BCUT2D eigenvalue weighted by Gasteiger charge is 2.25. The van der Waals surface area contributed by atoms with Crippen LogP contribution in [0.15, 0.2) is 23.2 Å². The van der Waals surface area contributed by atoms with Gasteiger partial charge in [0.15, 0.2) is 17.5 Å². The summed E-state index contributed by atoms with van der Waals surface area (Å²) in [4.78, 5) is 4.71. The van der Waals surface area contributed by atoms with E-state index >= 15 is 0 Å². The van der Waals surface area contributed by atoms with Crippen LogP contribution in [0.3, 0.4) is 0 Å². The van der Waals surface area contributed by atoms with Crippen molar-refractivity contribution in [3.8, 4) is 11.5 Å². The number of rotatable bonds is 13. The van der Waals surface area contributed by atoms with Gasteiger partial charge in [0, 0.05) is 19.7 Å². The molecule has 7 nitrogen and oxygen atoms in total. The van der Waals surface area contributed by atoms with E-state index in [0.29, 0.717) is 30.1 Å². The molecule has 1 fully saturated rings. The topological polar surface area (TPSA) is 84.3 Å². The third-order valence-electron chi connectivity index (χ3n) is 5.37. The SMILES string of the molecule is CCNC(=NCc1ccc(OCCO)c(OC)c1)NCCC(OCC)C1CCCC1.I. The number of benzene rings is 1. The Morgan fingerprint density at radius 2 is 1.97 bits per heavy atom. The molecule has 1 aliphatic rings. The molecule has 0 bridgehead atoms. The summed E-state index contributed by atoms with van der Waals surface area (Å²) in [5.41, 5.74) is 1.03. The van der Waals surface area contributed by atoms with E-state index in [1.54, 1.807) is 7.11 Å². The molecule has 1 aliphatic carbocycles. The number of methoxy groups -OCH3 is 1. The first-order chi connectivity index (χ1) is 14.7. The maximum atomic E-state index is 8.93. The summed E-state index contributed by atoms with van der Waals surface area (Å²) < 4.78 is 16.9. The van der Waals surface area contributed by atoms with Crippen LogP contribution in [0.4, 0.5) is 0 Å². The molecule has 178 valence electrons. The predicted octanol–water partition coefficient (Wildman–Crippen LogP) is 3.72. The highest BCUT2D eigenvalue weighted by atomic mass is 127. The molecule has 0 heterocycles. The van der Waals surface area contributed by atoms with Crippen molar-refractivity contribution >= 4 is 29.9 Å². The average molecular weight is 549 g/mol. The van der Waals surface area contributed by atoms with E-state index in [0.717, 1.165) is 37.6 Å². The van der Waals surface area contributed by atoms with E-state index in [4.69, 9.17) is 24.3 Å². The number of aliphatic imine (C=N–C) groups is 1. The van der Waals surface area contributed by atoms with Crippen LogP contribution in [0.25, 0.3) is 0 Å². The molecule has 0 saturated heterocycles. The number of aliphatic hydroxyl groups excluding tert-OH is 1. The van der Waals surface area contributed by atoms with Crippen LogP contribution in [0.5, 0.6) is 11.5 Å². The minimum atomic E-state index is -0.0299. The number of hydrogen-bond donors (Lipinski definition) is 3. The van der Waals surface area contributed by atoms with E-state index < -0.39 is 0 Å². The molecule has 1 atom stereocenters. The maximum Gasteiger partial charge on any atom is 0.191 e. The van der Waals surface area contributed by atoms with Gasteiger partial charge in [-0.15, -0.1) is 24.0 Å². The molecule has 31 heavy (non-hydrogen) atoms. The van der Waals surface area contributed by atoms with Crippen molar-refractivity contribution in [3.05, 3.63) is 23.8 Å². The van der Waals surface area contributed by atoms with Gasteiger partial charge in [-0.05, 0) is 56.7 Å². The summed E-state index contributed by atoms with van der Waals surface area (Å²) in [7, 11) is 1.61. The van der Waals surface area contributed by atoms with Crippen molar-refractivity contribution in [2.75, 3.05) is 40.0 Å². The lowest BCUT2D eigenvalue weighted by Crippen LogP contribution is -2.39. The highest BCUT2D eigenvalue weighted by molar-refractivity contribution is 14.0. The molecule has 0 amide bonds. The van der Waals surface area contributed by atoms with Gasteiger partial charge in [-0.3, -0.25) is 0 Å². The number of nitrogens with zero attached hydrogens (tertiary/aromatic N) is 1. The summed E-state index contributed by atoms with van der Waals surface area (Å²) in [6.07, 6.45) is 6.58. The van der Waals surface area contributed by atoms with Crippen LogP contribution < -0.4 is 20.1 Å². The van der Waals surface area contributed by atoms with Gasteiger partial charge in [0.1, 0.15) is 6.61 Å². The van der Waals surface area contributed by atoms with E-state index in [9.17, 15) is 0 Å². The lowest BCUT2D eigenvalue weighted by atomic mass is 9.98. The largest absolute Gasteiger partial charge is 0.493 e. The molecule has 1 saturated carbocycles. The maximum absolute atomic E-state index is 8.93. The molecule has 1 unspecified atom stereocenters. The molecule has 2 rings (SSSR count). The zero-order chi connectivity index (χ0) is 21.6. The summed E-state index contributed by atoms with van der Waals surface area (Å²) in [6.45, 7) is 7.30. The number of halogens is 1. The number of hydrogen-bond acceptors (Lipinski definition) is 5. The first-order valence-electron chi connectivity index (χ1n) is 11.3. The lowest BCUT2D eigenvalue weighted by Gasteiger charge is -2.24. The molecule has 0 spiro atoms. The minimum absolute atomic E-state index is 0.